The zero-order valence-corrected chi connectivity index (χ0v) is 26.6. The molecule has 0 spiro atoms. The normalized spacial score (nSPS) is 11.7. The third-order valence-corrected chi connectivity index (χ3v) is 8.97. The van der Waals surface area contributed by atoms with Crippen molar-refractivity contribution >= 4 is 53.8 Å². The Balaban J connectivity index is 1.52. The van der Waals surface area contributed by atoms with E-state index in [1.54, 1.807) is 0 Å². The molecule has 0 unspecified atom stereocenters. The molecule has 0 saturated heterocycles. The molecule has 40 heavy (non-hydrogen) atoms. The first-order valence-electron chi connectivity index (χ1n) is 15.0. The van der Waals surface area contributed by atoms with E-state index >= 15 is 0 Å². The highest BCUT2D eigenvalue weighted by molar-refractivity contribution is 9.09. The lowest BCUT2D eigenvalue weighted by molar-refractivity contribution is 0.519. The van der Waals surface area contributed by atoms with Gasteiger partial charge in [0.2, 0.25) is 0 Å². The second-order valence-corrected chi connectivity index (χ2v) is 12.4. The van der Waals surface area contributed by atoms with Gasteiger partial charge in [0.05, 0.1) is 0 Å². The number of unbranched alkanes of at least 4 members (excludes halogenated alkanes) is 8. The van der Waals surface area contributed by atoms with Gasteiger partial charge in [-0.1, -0.05) is 131 Å². The highest BCUT2D eigenvalue weighted by Gasteiger charge is 2.21. The predicted octanol–water partition coefficient (Wildman–Crippen LogP) is 12.3. The van der Waals surface area contributed by atoms with Gasteiger partial charge in [0, 0.05) is 51.5 Å². The first kappa shape index (κ1) is 29.2. The molecular formula is C36H40Br2O2. The first-order chi connectivity index (χ1) is 19.8. The van der Waals surface area contributed by atoms with Crippen LogP contribution in [0.2, 0.25) is 0 Å². The van der Waals surface area contributed by atoms with E-state index in [4.69, 9.17) is 8.83 Å². The van der Waals surface area contributed by atoms with Crippen LogP contribution < -0.4 is 0 Å². The summed E-state index contributed by atoms with van der Waals surface area (Å²) in [5, 5.41) is 4.57. The average molecular weight is 665 g/mol. The van der Waals surface area contributed by atoms with Crippen molar-refractivity contribution in [2.45, 2.75) is 77.0 Å². The lowest BCUT2D eigenvalue weighted by Crippen LogP contribution is -1.88. The molecule has 0 aliphatic heterocycles. The topological polar surface area (TPSA) is 26.3 Å². The minimum absolute atomic E-state index is 0.926. The van der Waals surface area contributed by atoms with Gasteiger partial charge in [-0.3, -0.25) is 0 Å². The van der Waals surface area contributed by atoms with E-state index in [2.05, 4.69) is 105 Å². The summed E-state index contributed by atoms with van der Waals surface area (Å²) in [7, 11) is 0. The van der Waals surface area contributed by atoms with E-state index in [0.29, 0.717) is 0 Å². The van der Waals surface area contributed by atoms with E-state index in [-0.39, 0.29) is 0 Å². The summed E-state index contributed by atoms with van der Waals surface area (Å²) in [5.41, 5.74) is 6.79. The maximum atomic E-state index is 6.61. The van der Waals surface area contributed by atoms with Crippen LogP contribution in [0.3, 0.4) is 0 Å². The number of hydrogen-bond donors (Lipinski definition) is 0. The fourth-order valence-corrected chi connectivity index (χ4v) is 6.60. The lowest BCUT2D eigenvalue weighted by atomic mass is 9.95. The summed E-state index contributed by atoms with van der Waals surface area (Å²) in [6.45, 7) is 0. The second-order valence-electron chi connectivity index (χ2n) is 10.8. The third kappa shape index (κ3) is 7.12. The molecule has 5 rings (SSSR count). The molecule has 0 aliphatic rings. The van der Waals surface area contributed by atoms with Crippen molar-refractivity contribution in [2.75, 3.05) is 10.7 Å². The summed E-state index contributed by atoms with van der Waals surface area (Å²) in [6.07, 6.45) is 14.3. The second kappa shape index (κ2) is 15.1. The number of alkyl halides is 2. The fraction of sp³-hybridized carbons (Fsp3) is 0.389. The zero-order valence-electron chi connectivity index (χ0n) is 23.4. The van der Waals surface area contributed by atoms with Crippen LogP contribution in [-0.4, -0.2) is 10.7 Å². The zero-order chi connectivity index (χ0) is 27.6. The summed E-state index contributed by atoms with van der Waals surface area (Å²) in [5.74, 6) is 2.19. The van der Waals surface area contributed by atoms with Gasteiger partial charge in [-0.15, -0.1) is 0 Å². The molecule has 3 aromatic carbocycles. The number of fused-ring (bicyclic) bond motifs is 2. The van der Waals surface area contributed by atoms with Crippen molar-refractivity contribution in [2.24, 2.45) is 0 Å². The van der Waals surface area contributed by atoms with Crippen LogP contribution in [-0.2, 0) is 12.8 Å². The largest absolute Gasteiger partial charge is 0.460 e. The third-order valence-electron chi connectivity index (χ3n) is 7.84. The predicted molar refractivity (Wildman–Crippen MR) is 178 cm³/mol. The standard InChI is InChI=1S/C36H40Br2O2/c37-23-15-5-1-3-13-21-31-35(27-17-9-7-10-18-27)29-25-30-34(26-33(29)39-31)40-32(22-14-4-2-6-16-24-38)36(30)28-19-11-8-12-20-28/h7-12,17-20,25-26H,1-6,13-16,21-24H2. The minimum atomic E-state index is 0.926. The van der Waals surface area contributed by atoms with Gasteiger partial charge in [-0.05, 0) is 42.9 Å². The van der Waals surface area contributed by atoms with E-state index in [0.717, 1.165) is 59.0 Å². The van der Waals surface area contributed by atoms with E-state index in [9.17, 15) is 0 Å². The van der Waals surface area contributed by atoms with E-state index < -0.39 is 0 Å². The average Bonchev–Trinajstić information content (AvgIpc) is 3.53. The Morgan fingerprint density at radius 3 is 1.27 bits per heavy atom. The van der Waals surface area contributed by atoms with Crippen LogP contribution in [0.15, 0.2) is 81.6 Å². The Hall–Kier alpha value is -2.30. The van der Waals surface area contributed by atoms with Crippen molar-refractivity contribution in [3.05, 3.63) is 84.3 Å². The smallest absolute Gasteiger partial charge is 0.138 e. The van der Waals surface area contributed by atoms with Crippen molar-refractivity contribution in [3.63, 3.8) is 0 Å². The van der Waals surface area contributed by atoms with Crippen LogP contribution in [0.4, 0.5) is 0 Å². The highest BCUT2D eigenvalue weighted by Crippen LogP contribution is 2.42. The van der Waals surface area contributed by atoms with Gasteiger partial charge in [-0.2, -0.15) is 0 Å². The number of aryl methyl sites for hydroxylation is 2. The Labute approximate surface area is 255 Å². The van der Waals surface area contributed by atoms with E-state index in [1.165, 1.54) is 84.4 Å². The van der Waals surface area contributed by atoms with Crippen LogP contribution >= 0.6 is 31.9 Å². The minimum Gasteiger partial charge on any atom is -0.460 e. The van der Waals surface area contributed by atoms with Gasteiger partial charge < -0.3 is 8.83 Å². The molecular weight excluding hydrogens is 624 g/mol. The van der Waals surface area contributed by atoms with Crippen LogP contribution in [0.1, 0.15) is 75.7 Å². The Bertz CT molecular complexity index is 1360. The first-order valence-corrected chi connectivity index (χ1v) is 17.3. The molecule has 0 bridgehead atoms. The number of furan rings is 2. The van der Waals surface area contributed by atoms with E-state index in [1.807, 2.05) is 0 Å². The number of benzene rings is 3. The van der Waals surface area contributed by atoms with Crippen LogP contribution in [0.25, 0.3) is 44.2 Å². The van der Waals surface area contributed by atoms with Gasteiger partial charge in [0.1, 0.15) is 22.7 Å². The number of halogens is 2. The molecule has 2 heterocycles. The highest BCUT2D eigenvalue weighted by atomic mass is 79.9. The molecule has 2 aromatic heterocycles. The molecule has 0 aliphatic carbocycles. The summed E-state index contributed by atoms with van der Waals surface area (Å²) in [4.78, 5) is 0. The van der Waals surface area contributed by atoms with Crippen molar-refractivity contribution in [1.29, 1.82) is 0 Å². The molecule has 5 aromatic rings. The Morgan fingerprint density at radius 1 is 0.450 bits per heavy atom. The molecule has 2 nitrogen and oxygen atoms in total. The maximum Gasteiger partial charge on any atom is 0.138 e. The van der Waals surface area contributed by atoms with Crippen LogP contribution in [0.5, 0.6) is 0 Å². The van der Waals surface area contributed by atoms with Crippen LogP contribution in [0, 0.1) is 0 Å². The van der Waals surface area contributed by atoms with Crippen molar-refractivity contribution in [1.82, 2.24) is 0 Å². The van der Waals surface area contributed by atoms with Crippen molar-refractivity contribution in [3.8, 4) is 22.3 Å². The van der Waals surface area contributed by atoms with Gasteiger partial charge >= 0.3 is 0 Å². The van der Waals surface area contributed by atoms with Crippen molar-refractivity contribution < 1.29 is 8.83 Å². The lowest BCUT2D eigenvalue weighted by Gasteiger charge is -2.05. The number of rotatable bonds is 16. The summed E-state index contributed by atoms with van der Waals surface area (Å²) < 4.78 is 13.2. The molecule has 0 N–H and O–H groups in total. The summed E-state index contributed by atoms with van der Waals surface area (Å²) >= 11 is 7.10. The molecule has 210 valence electrons. The molecule has 4 heteroatoms. The fourth-order valence-electron chi connectivity index (χ4n) is 5.80. The number of hydrogen-bond acceptors (Lipinski definition) is 2. The monoisotopic (exact) mass is 662 g/mol. The quantitative estimate of drug-likeness (QED) is 0.0775. The SMILES string of the molecule is BrCCCCCCCc1oc2cc3oc(CCCCCCCBr)c(-c4ccccc4)c3cc2c1-c1ccccc1. The van der Waals surface area contributed by atoms with Gasteiger partial charge in [-0.25, -0.2) is 0 Å². The molecule has 0 saturated carbocycles. The Kier molecular flexibility index (Phi) is 11.0. The van der Waals surface area contributed by atoms with Gasteiger partial charge in [0.25, 0.3) is 0 Å². The summed E-state index contributed by atoms with van der Waals surface area (Å²) in [6, 6.07) is 26.0. The molecule has 0 atom stereocenters. The Morgan fingerprint density at radius 2 is 0.850 bits per heavy atom. The maximum absolute atomic E-state index is 6.61. The molecule has 0 fully saturated rings. The molecule has 0 amide bonds. The molecule has 0 radical (unpaired) electrons. The van der Waals surface area contributed by atoms with Gasteiger partial charge in [0.15, 0.2) is 0 Å².